The molecule has 0 radical (unpaired) electrons. The zero-order chi connectivity index (χ0) is 22.5. The molecule has 0 aromatic heterocycles. The fraction of sp³-hybridized carbons (Fsp3) is 0.619. The Bertz CT molecular complexity index is 840. The van der Waals surface area contributed by atoms with Gasteiger partial charge in [-0.2, -0.15) is 4.31 Å². The molecule has 3 atom stereocenters. The topological polar surface area (TPSA) is 90.0 Å². The number of carbonyl (C=O) groups is 2. The molecule has 1 aromatic rings. The first-order valence-electron chi connectivity index (χ1n) is 10.1. The lowest BCUT2D eigenvalue weighted by atomic mass is 9.75. The van der Waals surface area contributed by atoms with Crippen molar-refractivity contribution >= 4 is 33.6 Å². The minimum atomic E-state index is -3.88. The van der Waals surface area contributed by atoms with Crippen molar-refractivity contribution in [2.45, 2.75) is 51.0 Å². The van der Waals surface area contributed by atoms with Crippen LogP contribution < -0.4 is 0 Å². The summed E-state index contributed by atoms with van der Waals surface area (Å²) < 4.78 is 36.4. The summed E-state index contributed by atoms with van der Waals surface area (Å²) in [4.78, 5) is 24.2. The molecular formula is C21H30ClNO6S. The van der Waals surface area contributed by atoms with Gasteiger partial charge in [0.1, 0.15) is 12.6 Å². The minimum absolute atomic E-state index is 0.00718. The van der Waals surface area contributed by atoms with E-state index >= 15 is 0 Å². The summed E-state index contributed by atoms with van der Waals surface area (Å²) in [6, 6.07) is 5.61. The lowest BCUT2D eigenvalue weighted by Crippen LogP contribution is -2.37. The Balaban J connectivity index is 1.86. The molecule has 1 aromatic carbocycles. The average Bonchev–Trinajstić information content (AvgIpc) is 2.66. The molecule has 1 aliphatic carbocycles. The first kappa shape index (κ1) is 24.6. The molecule has 168 valence electrons. The summed E-state index contributed by atoms with van der Waals surface area (Å²) in [5.41, 5.74) is 0. The largest absolute Gasteiger partial charge is 0.460 e. The molecule has 0 heterocycles. The van der Waals surface area contributed by atoms with Gasteiger partial charge in [-0.05, 0) is 54.9 Å². The van der Waals surface area contributed by atoms with E-state index in [9.17, 15) is 18.0 Å². The fourth-order valence-electron chi connectivity index (χ4n) is 3.69. The Morgan fingerprint density at radius 2 is 1.80 bits per heavy atom. The van der Waals surface area contributed by atoms with Crippen LogP contribution in [0.25, 0.3) is 0 Å². The summed E-state index contributed by atoms with van der Waals surface area (Å²) in [6.45, 7) is 5.29. The number of sulfonamides is 1. The number of esters is 2. The van der Waals surface area contributed by atoms with Crippen molar-refractivity contribution in [2.24, 2.45) is 17.8 Å². The van der Waals surface area contributed by atoms with Crippen LogP contribution in [0.2, 0.25) is 5.02 Å². The van der Waals surface area contributed by atoms with Crippen LogP contribution in [0.3, 0.4) is 0 Å². The number of hydrogen-bond donors (Lipinski definition) is 0. The lowest BCUT2D eigenvalue weighted by molar-refractivity contribution is -0.167. The highest BCUT2D eigenvalue weighted by Gasteiger charge is 2.33. The molecule has 7 nitrogen and oxygen atoms in total. The second-order valence-corrected chi connectivity index (χ2v) is 10.7. The van der Waals surface area contributed by atoms with Gasteiger partial charge in [0.25, 0.3) is 0 Å². The van der Waals surface area contributed by atoms with Gasteiger partial charge in [0.05, 0.1) is 4.90 Å². The summed E-state index contributed by atoms with van der Waals surface area (Å²) in [6.07, 6.45) is 2.72. The number of carbonyl (C=O) groups excluding carboxylic acids is 2. The number of likely N-dealkylation sites (N-methyl/N-ethyl adjacent to an activating group) is 1. The SMILES string of the molecule is CC(C)[C@@H]1CC[C@@H](C)C[C@@H]1OC(=O)COC(=O)CN(C)S(=O)(=O)c1ccc(Cl)cc1. The summed E-state index contributed by atoms with van der Waals surface area (Å²) in [5, 5.41) is 0.404. The van der Waals surface area contributed by atoms with Crippen LogP contribution in [0.4, 0.5) is 0 Å². The third-order valence-corrected chi connectivity index (χ3v) is 7.54. The number of ether oxygens (including phenoxy) is 2. The van der Waals surface area contributed by atoms with Crippen LogP contribution in [0.15, 0.2) is 29.2 Å². The van der Waals surface area contributed by atoms with Crippen LogP contribution in [-0.4, -0.2) is 51.0 Å². The van der Waals surface area contributed by atoms with Gasteiger partial charge in [-0.15, -0.1) is 0 Å². The van der Waals surface area contributed by atoms with E-state index < -0.39 is 35.1 Å². The fourth-order valence-corrected chi connectivity index (χ4v) is 4.93. The van der Waals surface area contributed by atoms with Gasteiger partial charge in [0.15, 0.2) is 6.61 Å². The highest BCUT2D eigenvalue weighted by molar-refractivity contribution is 7.89. The number of rotatable bonds is 8. The number of halogens is 1. The van der Waals surface area contributed by atoms with Crippen LogP contribution in [0.5, 0.6) is 0 Å². The van der Waals surface area contributed by atoms with Crippen LogP contribution in [0.1, 0.15) is 40.0 Å². The standard InChI is InChI=1S/C21H30ClNO6S/c1-14(2)18-10-5-15(3)11-19(18)29-21(25)13-28-20(24)12-23(4)30(26,27)17-8-6-16(22)7-9-17/h6-9,14-15,18-19H,5,10-13H2,1-4H3/t15-,18+,19+/m1/s1. The maximum atomic E-state index is 12.5. The molecule has 1 saturated carbocycles. The Labute approximate surface area is 183 Å². The van der Waals surface area contributed by atoms with Gasteiger partial charge in [-0.25, -0.2) is 13.2 Å². The van der Waals surface area contributed by atoms with Gasteiger partial charge in [-0.3, -0.25) is 4.79 Å². The van der Waals surface area contributed by atoms with E-state index in [0.717, 1.165) is 23.6 Å². The molecule has 2 rings (SSSR count). The van der Waals surface area contributed by atoms with Crippen molar-refractivity contribution in [1.29, 1.82) is 0 Å². The van der Waals surface area contributed by atoms with Gasteiger partial charge >= 0.3 is 11.9 Å². The maximum absolute atomic E-state index is 12.5. The number of benzene rings is 1. The number of hydrogen-bond acceptors (Lipinski definition) is 6. The molecule has 30 heavy (non-hydrogen) atoms. The second-order valence-electron chi connectivity index (χ2n) is 8.23. The van der Waals surface area contributed by atoms with Gasteiger partial charge < -0.3 is 9.47 Å². The van der Waals surface area contributed by atoms with E-state index in [1.54, 1.807) is 0 Å². The molecule has 0 saturated heterocycles. The van der Waals surface area contributed by atoms with Gasteiger partial charge in [0, 0.05) is 12.1 Å². The number of nitrogens with zero attached hydrogens (tertiary/aromatic N) is 1. The van der Waals surface area contributed by atoms with Crippen LogP contribution in [0, 0.1) is 17.8 Å². The first-order valence-corrected chi connectivity index (χ1v) is 11.9. The third-order valence-electron chi connectivity index (χ3n) is 5.47. The van der Waals surface area contributed by atoms with E-state index in [1.165, 1.54) is 31.3 Å². The first-order chi connectivity index (χ1) is 14.0. The van der Waals surface area contributed by atoms with Gasteiger partial charge in [-0.1, -0.05) is 38.8 Å². The van der Waals surface area contributed by atoms with Crippen molar-refractivity contribution in [1.82, 2.24) is 4.31 Å². The maximum Gasteiger partial charge on any atom is 0.344 e. The smallest absolute Gasteiger partial charge is 0.344 e. The Kier molecular flexibility index (Phi) is 8.70. The Hall–Kier alpha value is -1.64. The third kappa shape index (κ3) is 6.68. The van der Waals surface area contributed by atoms with E-state index in [0.29, 0.717) is 16.9 Å². The Morgan fingerprint density at radius 3 is 2.40 bits per heavy atom. The average molecular weight is 460 g/mol. The van der Waals surface area contributed by atoms with E-state index in [2.05, 4.69) is 20.8 Å². The quantitative estimate of drug-likeness (QED) is 0.552. The van der Waals surface area contributed by atoms with Crippen molar-refractivity contribution < 1.29 is 27.5 Å². The highest BCUT2D eigenvalue weighted by atomic mass is 35.5. The van der Waals surface area contributed by atoms with Crippen molar-refractivity contribution in [3.05, 3.63) is 29.3 Å². The zero-order valence-corrected chi connectivity index (χ0v) is 19.4. The molecule has 0 aliphatic heterocycles. The predicted octanol–water partition coefficient (Wildman–Crippen LogP) is 3.51. The van der Waals surface area contributed by atoms with E-state index in [4.69, 9.17) is 21.1 Å². The molecule has 0 N–H and O–H groups in total. The summed E-state index contributed by atoms with van der Waals surface area (Å²) in [5.74, 6) is -0.283. The normalized spacial score (nSPS) is 22.2. The zero-order valence-electron chi connectivity index (χ0n) is 17.8. The molecule has 0 spiro atoms. The van der Waals surface area contributed by atoms with E-state index in [-0.39, 0.29) is 16.9 Å². The Morgan fingerprint density at radius 1 is 1.17 bits per heavy atom. The molecule has 9 heteroatoms. The van der Waals surface area contributed by atoms with Crippen molar-refractivity contribution in [3.63, 3.8) is 0 Å². The molecule has 1 aliphatic rings. The monoisotopic (exact) mass is 459 g/mol. The molecular weight excluding hydrogens is 430 g/mol. The van der Waals surface area contributed by atoms with Crippen LogP contribution in [-0.2, 0) is 29.1 Å². The molecule has 0 amide bonds. The minimum Gasteiger partial charge on any atom is -0.460 e. The molecule has 1 fully saturated rings. The lowest BCUT2D eigenvalue weighted by Gasteiger charge is -2.36. The predicted molar refractivity (Wildman–Crippen MR) is 113 cm³/mol. The van der Waals surface area contributed by atoms with E-state index in [1.807, 2.05) is 0 Å². The summed E-state index contributed by atoms with van der Waals surface area (Å²) in [7, 11) is -2.61. The van der Waals surface area contributed by atoms with Gasteiger partial charge in [0.2, 0.25) is 10.0 Å². The summed E-state index contributed by atoms with van der Waals surface area (Å²) >= 11 is 5.77. The molecule has 0 bridgehead atoms. The molecule has 0 unspecified atom stereocenters. The van der Waals surface area contributed by atoms with Crippen molar-refractivity contribution in [3.8, 4) is 0 Å². The van der Waals surface area contributed by atoms with Crippen LogP contribution >= 0.6 is 11.6 Å². The van der Waals surface area contributed by atoms with Crippen molar-refractivity contribution in [2.75, 3.05) is 20.2 Å². The highest BCUT2D eigenvalue weighted by Crippen LogP contribution is 2.35. The second kappa shape index (κ2) is 10.6.